The number of hydrogen-bond acceptors (Lipinski definition) is 5. The van der Waals surface area contributed by atoms with Crippen LogP contribution in [0.5, 0.6) is 5.75 Å². The average molecular weight is 306 g/mol. The van der Waals surface area contributed by atoms with E-state index in [1.54, 1.807) is 7.11 Å². The number of esters is 1. The summed E-state index contributed by atoms with van der Waals surface area (Å²) in [6.07, 6.45) is 3.79. The lowest BCUT2D eigenvalue weighted by molar-refractivity contribution is -0.178. The maximum Gasteiger partial charge on any atom is 0.341 e. The monoisotopic (exact) mass is 306 g/mol. The fourth-order valence-corrected chi connectivity index (χ4v) is 3.43. The van der Waals surface area contributed by atoms with Crippen LogP contribution < -0.4 is 4.74 Å². The van der Waals surface area contributed by atoms with Gasteiger partial charge in [0.1, 0.15) is 11.3 Å². The van der Waals surface area contributed by atoms with Gasteiger partial charge in [-0.25, -0.2) is 4.79 Å². The van der Waals surface area contributed by atoms with Crippen molar-refractivity contribution in [2.75, 3.05) is 27.4 Å². The third kappa shape index (κ3) is 2.83. The highest BCUT2D eigenvalue weighted by Crippen LogP contribution is 2.42. The minimum Gasteiger partial charge on any atom is -0.496 e. The summed E-state index contributed by atoms with van der Waals surface area (Å²) < 4.78 is 21.6. The van der Waals surface area contributed by atoms with E-state index >= 15 is 0 Å². The first-order valence-electron chi connectivity index (χ1n) is 7.71. The van der Waals surface area contributed by atoms with Crippen LogP contribution >= 0.6 is 0 Å². The van der Waals surface area contributed by atoms with Crippen LogP contribution in [0.3, 0.4) is 0 Å². The summed E-state index contributed by atoms with van der Waals surface area (Å²) in [5.74, 6) is 0.236. The van der Waals surface area contributed by atoms with Gasteiger partial charge in [0.2, 0.25) is 0 Å². The minimum atomic E-state index is -0.367. The molecule has 0 amide bonds. The maximum absolute atomic E-state index is 11.9. The second kappa shape index (κ2) is 6.26. The van der Waals surface area contributed by atoms with Crippen molar-refractivity contribution in [3.8, 4) is 5.75 Å². The first kappa shape index (κ1) is 15.3. The summed E-state index contributed by atoms with van der Waals surface area (Å²) in [7, 11) is 2.94. The van der Waals surface area contributed by atoms with E-state index in [1.807, 2.05) is 18.2 Å². The largest absolute Gasteiger partial charge is 0.496 e. The van der Waals surface area contributed by atoms with E-state index in [0.29, 0.717) is 30.4 Å². The average Bonchev–Trinajstić information content (AvgIpc) is 3.02. The zero-order chi connectivity index (χ0) is 15.6. The lowest BCUT2D eigenvalue weighted by atomic mass is 9.80. The highest BCUT2D eigenvalue weighted by molar-refractivity contribution is 5.92. The molecule has 0 bridgehead atoms. The van der Waals surface area contributed by atoms with E-state index in [2.05, 4.69) is 0 Å². The molecule has 1 saturated heterocycles. The molecule has 1 heterocycles. The van der Waals surface area contributed by atoms with Crippen molar-refractivity contribution in [3.05, 3.63) is 29.3 Å². The molecule has 0 N–H and O–H groups in total. The quantitative estimate of drug-likeness (QED) is 0.804. The van der Waals surface area contributed by atoms with Crippen molar-refractivity contribution in [1.82, 2.24) is 0 Å². The summed E-state index contributed by atoms with van der Waals surface area (Å²) in [6, 6.07) is 5.77. The fourth-order valence-electron chi connectivity index (χ4n) is 3.43. The van der Waals surface area contributed by atoms with Crippen molar-refractivity contribution in [2.45, 2.75) is 37.4 Å². The number of carbonyl (C=O) groups excluding carboxylic acids is 1. The Balaban J connectivity index is 1.76. The lowest BCUT2D eigenvalue weighted by Gasteiger charge is -2.35. The van der Waals surface area contributed by atoms with E-state index in [4.69, 9.17) is 18.9 Å². The second-order valence-electron chi connectivity index (χ2n) is 5.83. The van der Waals surface area contributed by atoms with Crippen LogP contribution in [0.4, 0.5) is 0 Å². The van der Waals surface area contributed by atoms with Gasteiger partial charge >= 0.3 is 5.97 Å². The Morgan fingerprint density at radius 2 is 1.86 bits per heavy atom. The molecule has 3 rings (SSSR count). The first-order chi connectivity index (χ1) is 10.7. The van der Waals surface area contributed by atoms with E-state index in [1.165, 1.54) is 7.11 Å². The van der Waals surface area contributed by atoms with Crippen LogP contribution in [-0.4, -0.2) is 39.2 Å². The van der Waals surface area contributed by atoms with Gasteiger partial charge in [-0.15, -0.1) is 0 Å². The van der Waals surface area contributed by atoms with Gasteiger partial charge in [-0.3, -0.25) is 0 Å². The highest BCUT2D eigenvalue weighted by Gasteiger charge is 2.40. The van der Waals surface area contributed by atoms with Crippen LogP contribution in [0.1, 0.15) is 47.5 Å². The van der Waals surface area contributed by atoms with Crippen molar-refractivity contribution in [1.29, 1.82) is 0 Å². The van der Waals surface area contributed by atoms with Gasteiger partial charge in [0.25, 0.3) is 0 Å². The van der Waals surface area contributed by atoms with Gasteiger partial charge < -0.3 is 18.9 Å². The Morgan fingerprint density at radius 3 is 2.45 bits per heavy atom. The second-order valence-corrected chi connectivity index (χ2v) is 5.83. The van der Waals surface area contributed by atoms with Crippen molar-refractivity contribution < 1.29 is 23.7 Å². The zero-order valence-electron chi connectivity index (χ0n) is 13.1. The van der Waals surface area contributed by atoms with Gasteiger partial charge in [0.15, 0.2) is 5.79 Å². The molecule has 1 aliphatic carbocycles. The normalized spacial score (nSPS) is 21.0. The number of benzene rings is 1. The molecule has 0 radical (unpaired) electrons. The predicted octanol–water partition coefficient (Wildman–Crippen LogP) is 2.88. The summed E-state index contributed by atoms with van der Waals surface area (Å²) in [6.45, 7) is 1.39. The Kier molecular flexibility index (Phi) is 4.36. The molecule has 1 aliphatic heterocycles. The van der Waals surface area contributed by atoms with Crippen molar-refractivity contribution >= 4 is 5.97 Å². The molecule has 22 heavy (non-hydrogen) atoms. The maximum atomic E-state index is 11.9. The third-order valence-electron chi connectivity index (χ3n) is 4.66. The summed E-state index contributed by atoms with van der Waals surface area (Å²) in [5.41, 5.74) is 1.63. The van der Waals surface area contributed by atoms with Gasteiger partial charge in [-0.2, -0.15) is 0 Å². The van der Waals surface area contributed by atoms with E-state index in [0.717, 1.165) is 31.2 Å². The molecular weight excluding hydrogens is 284 g/mol. The molecular formula is C17H22O5. The summed E-state index contributed by atoms with van der Waals surface area (Å²) >= 11 is 0. The third-order valence-corrected chi connectivity index (χ3v) is 4.66. The van der Waals surface area contributed by atoms with Crippen LogP contribution in [0.15, 0.2) is 18.2 Å². The lowest BCUT2D eigenvalue weighted by Crippen LogP contribution is -2.34. The number of ether oxygens (including phenoxy) is 4. The summed E-state index contributed by atoms with van der Waals surface area (Å²) in [4.78, 5) is 11.9. The van der Waals surface area contributed by atoms with Gasteiger partial charge in [0, 0.05) is 12.8 Å². The molecule has 120 valence electrons. The number of methoxy groups -OCH3 is 2. The Labute approximate surface area is 130 Å². The fraction of sp³-hybridized carbons (Fsp3) is 0.588. The van der Waals surface area contributed by atoms with E-state index in [-0.39, 0.29) is 11.8 Å². The molecule has 1 spiro atoms. The SMILES string of the molecule is COC(=O)c1cc(C2CCC3(CC2)OCCO3)ccc1OC. The topological polar surface area (TPSA) is 54.0 Å². The molecule has 1 aromatic rings. The molecule has 2 fully saturated rings. The molecule has 0 aromatic heterocycles. The van der Waals surface area contributed by atoms with Gasteiger partial charge in [-0.05, 0) is 36.5 Å². The van der Waals surface area contributed by atoms with Crippen LogP contribution in [0, 0.1) is 0 Å². The van der Waals surface area contributed by atoms with Gasteiger partial charge in [0.05, 0.1) is 27.4 Å². The standard InChI is InChI=1S/C17H22O5/c1-19-15-4-3-13(11-14(15)16(18)20-2)12-5-7-17(8-6-12)21-9-10-22-17/h3-4,11-12H,5-10H2,1-2H3. The zero-order valence-corrected chi connectivity index (χ0v) is 13.1. The minimum absolute atomic E-state index is 0.353. The van der Waals surface area contributed by atoms with Crippen LogP contribution in [0.25, 0.3) is 0 Å². The van der Waals surface area contributed by atoms with E-state index in [9.17, 15) is 4.79 Å². The Bertz CT molecular complexity index is 538. The summed E-state index contributed by atoms with van der Waals surface area (Å²) in [5, 5.41) is 0. The number of carbonyl (C=O) groups is 1. The Hall–Kier alpha value is -1.59. The highest BCUT2D eigenvalue weighted by atomic mass is 16.7. The Morgan fingerprint density at radius 1 is 1.18 bits per heavy atom. The molecule has 1 saturated carbocycles. The number of hydrogen-bond donors (Lipinski definition) is 0. The van der Waals surface area contributed by atoms with Crippen LogP contribution in [0.2, 0.25) is 0 Å². The molecule has 1 aromatic carbocycles. The van der Waals surface area contributed by atoms with Crippen molar-refractivity contribution in [3.63, 3.8) is 0 Å². The number of rotatable bonds is 3. The smallest absolute Gasteiger partial charge is 0.341 e. The molecule has 0 atom stereocenters. The molecule has 5 heteroatoms. The van der Waals surface area contributed by atoms with E-state index < -0.39 is 0 Å². The van der Waals surface area contributed by atoms with Crippen molar-refractivity contribution in [2.24, 2.45) is 0 Å². The van der Waals surface area contributed by atoms with Gasteiger partial charge in [-0.1, -0.05) is 6.07 Å². The van der Waals surface area contributed by atoms with Crippen LogP contribution in [-0.2, 0) is 14.2 Å². The molecule has 5 nitrogen and oxygen atoms in total. The predicted molar refractivity (Wildman–Crippen MR) is 80.2 cm³/mol. The molecule has 0 unspecified atom stereocenters. The first-order valence-corrected chi connectivity index (χ1v) is 7.71. The molecule has 2 aliphatic rings.